The minimum Gasteiger partial charge on any atom is -0.462 e. The van der Waals surface area contributed by atoms with Gasteiger partial charge in [0.2, 0.25) is 0 Å². The van der Waals surface area contributed by atoms with E-state index in [-0.39, 0.29) is 24.3 Å². The Morgan fingerprint density at radius 2 is 0.800 bits per heavy atom. The summed E-state index contributed by atoms with van der Waals surface area (Å²) in [6.07, 6.45) is 0. The Morgan fingerprint density at radius 1 is 0.500 bits per heavy atom. The smallest absolute Gasteiger partial charge is 0.342 e. The van der Waals surface area contributed by atoms with Crippen LogP contribution in [0.4, 0.5) is 0 Å². The van der Waals surface area contributed by atoms with E-state index in [9.17, 15) is 9.59 Å². The molecule has 6 rings (SSSR count). The molecule has 4 aromatic carbocycles. The number of aromatic nitrogens is 4. The summed E-state index contributed by atoms with van der Waals surface area (Å²) in [5, 5.41) is 1.78. The van der Waals surface area contributed by atoms with Crippen molar-refractivity contribution in [2.75, 3.05) is 13.2 Å². The summed E-state index contributed by atoms with van der Waals surface area (Å²) in [5.74, 6) is -1.09. The Labute approximate surface area is 307 Å². The number of hydrogen-bond acceptors (Lipinski definition) is 10. The van der Waals surface area contributed by atoms with Crippen LogP contribution in [0, 0.1) is 0 Å². The minimum absolute atomic E-state index is 0.179. The number of esters is 2. The first-order chi connectivity index (χ1) is 24.4. The predicted molar refractivity (Wildman–Crippen MR) is 199 cm³/mol. The number of nitrogens with zero attached hydrogens (tertiary/aromatic N) is 4. The summed E-state index contributed by atoms with van der Waals surface area (Å²) in [7, 11) is 2.43. The van der Waals surface area contributed by atoms with Crippen molar-refractivity contribution in [1.82, 2.24) is 19.9 Å². The van der Waals surface area contributed by atoms with Crippen molar-refractivity contribution in [3.05, 3.63) is 130 Å². The van der Waals surface area contributed by atoms with Gasteiger partial charge in [0.25, 0.3) is 0 Å². The largest absolute Gasteiger partial charge is 0.462 e. The van der Waals surface area contributed by atoms with E-state index < -0.39 is 11.9 Å². The molecule has 0 amide bonds. The number of carbonyl (C=O) groups excluding carboxylic acids is 2. The standard InChI is InChI=1S/C38H28Cl2N4O4S2/c1-3-47-35(45)29-31(23-11-7-5-8-12-23)41-37(43-33(29)25-15-19-27(39)20-16-25)49-50-38-42-32(24-13-9-6-10-14-24)30(36(46)48-4-2)34(44-38)26-17-21-28(40)22-18-26/h5-22H,3-4H2,1-2H3. The monoisotopic (exact) mass is 738 g/mol. The van der Waals surface area contributed by atoms with E-state index >= 15 is 0 Å². The molecule has 0 aliphatic carbocycles. The highest BCUT2D eigenvalue weighted by atomic mass is 35.5. The topological polar surface area (TPSA) is 104 Å². The molecule has 250 valence electrons. The summed E-state index contributed by atoms with van der Waals surface area (Å²) in [6.45, 7) is 3.86. The van der Waals surface area contributed by atoms with Crippen LogP contribution >= 0.6 is 44.8 Å². The minimum atomic E-state index is -0.543. The van der Waals surface area contributed by atoms with E-state index in [0.29, 0.717) is 65.4 Å². The fraction of sp³-hybridized carbons (Fsp3) is 0.105. The molecule has 0 spiro atoms. The van der Waals surface area contributed by atoms with Crippen molar-refractivity contribution in [3.63, 3.8) is 0 Å². The quantitative estimate of drug-likeness (QED) is 0.0724. The lowest BCUT2D eigenvalue weighted by atomic mass is 10.0. The molecule has 0 saturated carbocycles. The molecule has 0 atom stereocenters. The third-order valence-corrected chi connectivity index (χ3v) is 9.65. The van der Waals surface area contributed by atoms with Gasteiger partial charge in [0.05, 0.1) is 36.0 Å². The van der Waals surface area contributed by atoms with Gasteiger partial charge in [-0.2, -0.15) is 0 Å². The molecule has 50 heavy (non-hydrogen) atoms. The lowest BCUT2D eigenvalue weighted by Gasteiger charge is -2.16. The zero-order chi connectivity index (χ0) is 35.0. The number of benzene rings is 4. The second-order valence-electron chi connectivity index (χ2n) is 10.5. The fourth-order valence-corrected chi connectivity index (χ4v) is 6.88. The molecule has 0 N–H and O–H groups in total. The van der Waals surface area contributed by atoms with Gasteiger partial charge in [-0.25, -0.2) is 29.5 Å². The van der Waals surface area contributed by atoms with Crippen molar-refractivity contribution in [3.8, 4) is 45.0 Å². The maximum atomic E-state index is 13.5. The van der Waals surface area contributed by atoms with Gasteiger partial charge in [-0.3, -0.25) is 0 Å². The molecule has 0 aliphatic heterocycles. The number of hydrogen-bond donors (Lipinski definition) is 0. The molecular weight excluding hydrogens is 711 g/mol. The average Bonchev–Trinajstić information content (AvgIpc) is 3.14. The molecule has 0 unspecified atom stereocenters. The zero-order valence-electron chi connectivity index (χ0n) is 26.8. The fourth-order valence-electron chi connectivity index (χ4n) is 5.07. The third kappa shape index (κ3) is 8.00. The molecule has 6 aromatic rings. The van der Waals surface area contributed by atoms with Crippen LogP contribution in [0.5, 0.6) is 0 Å². The van der Waals surface area contributed by atoms with Crippen LogP contribution in [0.3, 0.4) is 0 Å². The zero-order valence-corrected chi connectivity index (χ0v) is 29.9. The van der Waals surface area contributed by atoms with E-state index in [4.69, 9.17) is 52.6 Å². The van der Waals surface area contributed by atoms with Crippen molar-refractivity contribution < 1.29 is 19.1 Å². The number of halogens is 2. The van der Waals surface area contributed by atoms with Crippen molar-refractivity contribution >= 4 is 56.7 Å². The van der Waals surface area contributed by atoms with Gasteiger partial charge in [0.15, 0.2) is 10.3 Å². The summed E-state index contributed by atoms with van der Waals surface area (Å²) in [4.78, 5) is 46.4. The molecule has 0 fully saturated rings. The normalized spacial score (nSPS) is 10.9. The molecule has 0 saturated heterocycles. The molecule has 8 nitrogen and oxygen atoms in total. The van der Waals surface area contributed by atoms with Gasteiger partial charge in [-0.1, -0.05) is 108 Å². The van der Waals surface area contributed by atoms with Crippen LogP contribution in [-0.2, 0) is 9.47 Å². The van der Waals surface area contributed by atoms with Crippen LogP contribution in [0.25, 0.3) is 45.0 Å². The lowest BCUT2D eigenvalue weighted by Crippen LogP contribution is -2.12. The molecule has 0 aliphatic rings. The first-order valence-electron chi connectivity index (χ1n) is 15.5. The maximum Gasteiger partial charge on any atom is 0.342 e. The van der Waals surface area contributed by atoms with Crippen LogP contribution in [0.1, 0.15) is 34.6 Å². The summed E-state index contributed by atoms with van der Waals surface area (Å²) >= 11 is 12.4. The van der Waals surface area contributed by atoms with E-state index in [0.717, 1.165) is 0 Å². The Morgan fingerprint density at radius 3 is 1.10 bits per heavy atom. The first-order valence-corrected chi connectivity index (χ1v) is 18.4. The third-order valence-electron chi connectivity index (χ3n) is 7.26. The lowest BCUT2D eigenvalue weighted by molar-refractivity contribution is 0.0517. The van der Waals surface area contributed by atoms with Crippen LogP contribution in [0.15, 0.2) is 120 Å². The number of rotatable bonds is 11. The van der Waals surface area contributed by atoms with Crippen molar-refractivity contribution in [1.29, 1.82) is 0 Å². The van der Waals surface area contributed by atoms with E-state index in [1.807, 2.05) is 60.7 Å². The Hall–Kier alpha value is -4.74. The summed E-state index contributed by atoms with van der Waals surface area (Å²) in [6, 6.07) is 32.9. The second-order valence-corrected chi connectivity index (χ2v) is 13.4. The molecule has 0 radical (unpaired) electrons. The first kappa shape index (κ1) is 35.1. The van der Waals surface area contributed by atoms with Crippen molar-refractivity contribution in [2.24, 2.45) is 0 Å². The number of ether oxygens (including phenoxy) is 2. The predicted octanol–water partition coefficient (Wildman–Crippen LogP) is 10.4. The summed E-state index contributed by atoms with van der Waals surface area (Å²) in [5.41, 5.74) is 4.84. The van der Waals surface area contributed by atoms with E-state index in [1.165, 1.54) is 21.6 Å². The van der Waals surface area contributed by atoms with E-state index in [1.54, 1.807) is 62.4 Å². The number of carbonyl (C=O) groups is 2. The maximum absolute atomic E-state index is 13.5. The highest BCUT2D eigenvalue weighted by Crippen LogP contribution is 2.41. The van der Waals surface area contributed by atoms with Gasteiger partial charge in [-0.05, 0) is 59.7 Å². The Kier molecular flexibility index (Phi) is 11.5. The van der Waals surface area contributed by atoms with Crippen LogP contribution in [-0.4, -0.2) is 45.1 Å². The second kappa shape index (κ2) is 16.3. The average molecular weight is 740 g/mol. The van der Waals surface area contributed by atoms with Crippen LogP contribution in [0.2, 0.25) is 10.0 Å². The van der Waals surface area contributed by atoms with Gasteiger partial charge >= 0.3 is 11.9 Å². The van der Waals surface area contributed by atoms with Gasteiger partial charge in [-0.15, -0.1) is 0 Å². The van der Waals surface area contributed by atoms with Gasteiger partial charge < -0.3 is 9.47 Å². The van der Waals surface area contributed by atoms with E-state index in [2.05, 4.69) is 0 Å². The molecular formula is C38H28Cl2N4O4S2. The SMILES string of the molecule is CCOC(=O)c1c(-c2ccccc2)nc(SSc2nc(-c3ccccc3)c(C(=O)OCC)c(-c3ccc(Cl)cc3)n2)nc1-c1ccc(Cl)cc1. The molecule has 2 aromatic heterocycles. The Balaban J connectivity index is 1.50. The Bertz CT molecular complexity index is 1980. The highest BCUT2D eigenvalue weighted by Gasteiger charge is 2.27. The summed E-state index contributed by atoms with van der Waals surface area (Å²) < 4.78 is 11.0. The molecule has 2 heterocycles. The molecule has 0 bridgehead atoms. The van der Waals surface area contributed by atoms with Crippen LogP contribution < -0.4 is 0 Å². The van der Waals surface area contributed by atoms with Gasteiger partial charge in [0.1, 0.15) is 11.1 Å². The highest BCUT2D eigenvalue weighted by molar-refractivity contribution is 8.76. The molecule has 12 heteroatoms. The van der Waals surface area contributed by atoms with Gasteiger partial charge in [0, 0.05) is 32.3 Å². The van der Waals surface area contributed by atoms with Crippen molar-refractivity contribution in [2.45, 2.75) is 24.2 Å².